The number of carbonyl (C=O) groups is 1. The van der Waals surface area contributed by atoms with Gasteiger partial charge in [-0.15, -0.1) is 0 Å². The van der Waals surface area contributed by atoms with E-state index in [2.05, 4.69) is 10.3 Å². The van der Waals surface area contributed by atoms with E-state index in [4.69, 9.17) is 24.5 Å². The van der Waals surface area contributed by atoms with Crippen LogP contribution in [0.1, 0.15) is 48.7 Å². The van der Waals surface area contributed by atoms with Crippen LogP contribution in [0.15, 0.2) is 72.8 Å². The molecule has 6 rings (SSSR count). The van der Waals surface area contributed by atoms with Gasteiger partial charge >= 0.3 is 5.97 Å². The lowest BCUT2D eigenvalue weighted by molar-refractivity contribution is -0.0583. The van der Waals surface area contributed by atoms with Gasteiger partial charge in [-0.25, -0.2) is 23.5 Å². The number of rotatable bonds is 9. The summed E-state index contributed by atoms with van der Waals surface area (Å²) in [4.78, 5) is 21.9. The summed E-state index contributed by atoms with van der Waals surface area (Å²) in [5.74, 6) is -0.873. The van der Waals surface area contributed by atoms with Crippen molar-refractivity contribution >= 4 is 28.6 Å². The zero-order valence-electron chi connectivity index (χ0n) is 25.5. The van der Waals surface area contributed by atoms with Gasteiger partial charge in [0.15, 0.2) is 0 Å². The zero-order valence-corrected chi connectivity index (χ0v) is 25.5. The van der Waals surface area contributed by atoms with Crippen molar-refractivity contribution in [2.24, 2.45) is 0 Å². The van der Waals surface area contributed by atoms with Gasteiger partial charge in [-0.05, 0) is 75.7 Å². The summed E-state index contributed by atoms with van der Waals surface area (Å²) in [7, 11) is 0. The fraction of sp³-hybridized carbons (Fsp3) is 0.257. The normalized spacial score (nSPS) is 14.4. The topological polar surface area (TPSA) is 111 Å². The number of nitriles is 1. The second-order valence-corrected chi connectivity index (χ2v) is 11.9. The van der Waals surface area contributed by atoms with Crippen LogP contribution in [0.2, 0.25) is 0 Å². The van der Waals surface area contributed by atoms with Crippen LogP contribution in [0, 0.1) is 23.0 Å². The number of pyridine rings is 1. The predicted octanol–water partition coefficient (Wildman–Crippen LogP) is 7.31. The second kappa shape index (κ2) is 12.6. The largest absolute Gasteiger partial charge is 0.473 e. The van der Waals surface area contributed by atoms with Gasteiger partial charge in [-0.2, -0.15) is 5.26 Å². The number of benzene rings is 3. The van der Waals surface area contributed by atoms with Crippen molar-refractivity contribution in [3.63, 3.8) is 0 Å². The van der Waals surface area contributed by atoms with Gasteiger partial charge in [0.05, 0.1) is 52.3 Å². The number of ether oxygens (including phenoxy) is 3. The maximum absolute atomic E-state index is 15.5. The molecule has 0 aliphatic carbocycles. The van der Waals surface area contributed by atoms with Crippen molar-refractivity contribution in [3.05, 3.63) is 101 Å². The highest BCUT2D eigenvalue weighted by molar-refractivity contribution is 5.94. The van der Waals surface area contributed by atoms with Crippen molar-refractivity contribution in [3.8, 4) is 23.2 Å². The molecule has 3 heterocycles. The summed E-state index contributed by atoms with van der Waals surface area (Å²) in [5.41, 5.74) is 2.75. The first kappa shape index (κ1) is 30.7. The molecule has 234 valence electrons. The zero-order chi connectivity index (χ0) is 32.4. The van der Waals surface area contributed by atoms with Crippen LogP contribution in [0.25, 0.3) is 22.3 Å². The fourth-order valence-corrected chi connectivity index (χ4v) is 4.94. The van der Waals surface area contributed by atoms with E-state index in [1.54, 1.807) is 48.5 Å². The van der Waals surface area contributed by atoms with Crippen LogP contribution in [0.3, 0.4) is 0 Å². The van der Waals surface area contributed by atoms with Crippen LogP contribution < -0.4 is 10.1 Å². The van der Waals surface area contributed by atoms with Gasteiger partial charge in [0, 0.05) is 23.8 Å². The molecule has 5 aromatic rings. The van der Waals surface area contributed by atoms with Crippen molar-refractivity contribution in [2.45, 2.75) is 52.0 Å². The molecule has 46 heavy (non-hydrogen) atoms. The Kier molecular flexibility index (Phi) is 8.39. The molecule has 0 amide bonds. The van der Waals surface area contributed by atoms with Crippen LogP contribution in [0.4, 0.5) is 20.4 Å². The minimum atomic E-state index is -0.641. The van der Waals surface area contributed by atoms with Crippen molar-refractivity contribution in [1.29, 1.82) is 5.26 Å². The molecular weight excluding hydrogens is 592 g/mol. The minimum absolute atomic E-state index is 0.0238. The maximum Gasteiger partial charge on any atom is 0.338 e. The molecule has 1 unspecified atom stereocenters. The highest BCUT2D eigenvalue weighted by Gasteiger charge is 2.24. The molecule has 1 atom stereocenters. The Morgan fingerprint density at radius 2 is 1.89 bits per heavy atom. The number of hydrogen-bond donors (Lipinski definition) is 1. The molecule has 9 nitrogen and oxygen atoms in total. The number of carbonyl (C=O) groups excluding carboxylic acids is 1. The van der Waals surface area contributed by atoms with Gasteiger partial charge in [-0.1, -0.05) is 18.2 Å². The summed E-state index contributed by atoms with van der Waals surface area (Å²) >= 11 is 0. The number of nitrogens with zero attached hydrogens (tertiary/aromatic N) is 4. The first-order valence-electron chi connectivity index (χ1n) is 14.8. The number of nitrogens with one attached hydrogen (secondary N) is 1. The van der Waals surface area contributed by atoms with Crippen LogP contribution in [0.5, 0.6) is 5.88 Å². The molecule has 0 spiro atoms. The molecule has 11 heteroatoms. The average Bonchev–Trinajstić information content (AvgIpc) is 3.34. The monoisotopic (exact) mass is 623 g/mol. The van der Waals surface area contributed by atoms with Gasteiger partial charge in [-0.3, -0.25) is 0 Å². The maximum atomic E-state index is 15.5. The van der Waals surface area contributed by atoms with Crippen molar-refractivity contribution < 1.29 is 27.8 Å². The SMILES string of the molecule is CC(C)(C)OC(=O)c1ccc2nc(Nc3ccc(-c4cccc(OCc5ccc(C#N)cc5F)n4)cc3F)n(CC3CCO3)c2c1. The van der Waals surface area contributed by atoms with E-state index in [0.717, 1.165) is 12.5 Å². The number of fused-ring (bicyclic) bond motifs is 1. The van der Waals surface area contributed by atoms with Crippen LogP contribution >= 0.6 is 0 Å². The van der Waals surface area contributed by atoms with E-state index >= 15 is 4.39 Å². The third-order valence-corrected chi connectivity index (χ3v) is 7.35. The Morgan fingerprint density at radius 3 is 2.59 bits per heavy atom. The third-order valence-electron chi connectivity index (χ3n) is 7.35. The van der Waals surface area contributed by atoms with Gasteiger partial charge in [0.2, 0.25) is 11.8 Å². The van der Waals surface area contributed by atoms with E-state index in [9.17, 15) is 9.18 Å². The number of esters is 1. The average molecular weight is 624 g/mol. The molecule has 0 radical (unpaired) electrons. The molecule has 3 aromatic carbocycles. The van der Waals surface area contributed by atoms with Crippen molar-refractivity contribution in [1.82, 2.24) is 14.5 Å². The molecule has 0 saturated carbocycles. The smallest absolute Gasteiger partial charge is 0.338 e. The Morgan fingerprint density at radius 1 is 1.07 bits per heavy atom. The summed E-state index contributed by atoms with van der Waals surface area (Å²) in [6, 6.07) is 20.9. The quantitative estimate of drug-likeness (QED) is 0.170. The molecule has 1 aliphatic heterocycles. The number of aromatic nitrogens is 3. The predicted molar refractivity (Wildman–Crippen MR) is 168 cm³/mol. The summed E-state index contributed by atoms with van der Waals surface area (Å²) in [6.45, 7) is 6.49. The Balaban J connectivity index is 1.23. The molecule has 1 aliphatic rings. The van der Waals surface area contributed by atoms with E-state index in [0.29, 0.717) is 47.0 Å². The third kappa shape index (κ3) is 6.82. The molecule has 1 fully saturated rings. The lowest BCUT2D eigenvalue weighted by Crippen LogP contribution is -2.31. The van der Waals surface area contributed by atoms with Crippen molar-refractivity contribution in [2.75, 3.05) is 11.9 Å². The van der Waals surface area contributed by atoms with Gasteiger partial charge in [0.1, 0.15) is 23.8 Å². The number of imidazole rings is 1. The highest BCUT2D eigenvalue weighted by atomic mass is 19.1. The van der Waals surface area contributed by atoms with Gasteiger partial charge in [0.25, 0.3) is 0 Å². The lowest BCUT2D eigenvalue weighted by atomic mass is 10.1. The number of halogens is 2. The Labute approximate surface area is 264 Å². The second-order valence-electron chi connectivity index (χ2n) is 11.9. The molecule has 1 saturated heterocycles. The first-order chi connectivity index (χ1) is 22.1. The number of anilines is 2. The highest BCUT2D eigenvalue weighted by Crippen LogP contribution is 2.30. The Hall–Kier alpha value is -5.34. The van der Waals surface area contributed by atoms with E-state index in [-0.39, 0.29) is 35.4 Å². The van der Waals surface area contributed by atoms with Crippen LogP contribution in [-0.2, 0) is 22.6 Å². The molecule has 0 bridgehead atoms. The number of hydrogen-bond acceptors (Lipinski definition) is 8. The van der Waals surface area contributed by atoms with E-state index in [1.165, 1.54) is 18.2 Å². The first-order valence-corrected chi connectivity index (χ1v) is 14.8. The Bertz CT molecular complexity index is 1970. The fourth-order valence-electron chi connectivity index (χ4n) is 4.94. The molecule has 2 aromatic heterocycles. The summed E-state index contributed by atoms with van der Waals surface area (Å²) < 4.78 is 48.6. The summed E-state index contributed by atoms with van der Waals surface area (Å²) in [5, 5.41) is 12.1. The summed E-state index contributed by atoms with van der Waals surface area (Å²) in [6.07, 6.45) is 0.857. The molecular formula is C35H31F2N5O4. The minimum Gasteiger partial charge on any atom is -0.473 e. The van der Waals surface area contributed by atoms with Gasteiger partial charge < -0.3 is 24.1 Å². The molecule has 1 N–H and O–H groups in total. The lowest BCUT2D eigenvalue weighted by Gasteiger charge is -2.27. The van der Waals surface area contributed by atoms with E-state index < -0.39 is 23.2 Å². The van der Waals surface area contributed by atoms with E-state index in [1.807, 2.05) is 31.4 Å². The standard InChI is InChI=1S/C35H31F2N5O4/c1-35(2,3)46-33(43)23-10-12-30-31(17-23)42(19-25-13-14-44-25)34(41-30)40-29-11-9-22(16-27(29)37)28-5-4-6-32(39-28)45-20-24-8-7-21(18-38)15-26(24)36/h4-12,15-17,25H,13-14,19-20H2,1-3H3,(H,40,41). The van der Waals surface area contributed by atoms with Crippen LogP contribution in [-0.4, -0.2) is 38.8 Å².